The molecule has 2 amide bonds. The SMILES string of the molecule is CCOc1ccc(NC2=C(c3ccc(C)c(C)c3)C(=O)N(CCCOC(C)C)C2=O)cc1. The lowest BCUT2D eigenvalue weighted by atomic mass is 9.99. The minimum Gasteiger partial charge on any atom is -0.494 e. The number of nitrogens with zero attached hydrogens (tertiary/aromatic N) is 1. The average Bonchev–Trinajstić information content (AvgIpc) is 2.98. The minimum atomic E-state index is -0.318. The number of nitrogens with one attached hydrogen (secondary N) is 1. The average molecular weight is 437 g/mol. The number of aryl methyl sites for hydroxylation is 2. The normalized spacial score (nSPS) is 14.0. The highest BCUT2D eigenvalue weighted by atomic mass is 16.5. The molecular weight excluding hydrogens is 404 g/mol. The number of benzene rings is 2. The zero-order chi connectivity index (χ0) is 23.3. The number of hydrogen-bond acceptors (Lipinski definition) is 5. The summed E-state index contributed by atoms with van der Waals surface area (Å²) >= 11 is 0. The Bertz CT molecular complexity index is 1010. The Balaban J connectivity index is 1.90. The molecule has 2 aromatic rings. The van der Waals surface area contributed by atoms with Crippen LogP contribution in [-0.2, 0) is 14.3 Å². The molecule has 1 heterocycles. The Kier molecular flexibility index (Phi) is 7.70. The molecule has 0 spiro atoms. The molecule has 1 N–H and O–H groups in total. The van der Waals surface area contributed by atoms with Gasteiger partial charge >= 0.3 is 0 Å². The number of amides is 2. The molecule has 0 aliphatic carbocycles. The van der Waals surface area contributed by atoms with Crippen molar-refractivity contribution < 1.29 is 19.1 Å². The van der Waals surface area contributed by atoms with Gasteiger partial charge in [-0.2, -0.15) is 0 Å². The van der Waals surface area contributed by atoms with Crippen molar-refractivity contribution in [1.29, 1.82) is 0 Å². The quantitative estimate of drug-likeness (QED) is 0.432. The fourth-order valence-corrected chi connectivity index (χ4v) is 3.55. The van der Waals surface area contributed by atoms with E-state index >= 15 is 0 Å². The Morgan fingerprint density at radius 3 is 2.31 bits per heavy atom. The number of imide groups is 1. The van der Waals surface area contributed by atoms with Crippen LogP contribution >= 0.6 is 0 Å². The van der Waals surface area contributed by atoms with Crippen LogP contribution in [0.1, 0.15) is 43.9 Å². The van der Waals surface area contributed by atoms with Gasteiger partial charge in [0.05, 0.1) is 18.3 Å². The summed E-state index contributed by atoms with van der Waals surface area (Å²) in [4.78, 5) is 27.9. The molecule has 0 bridgehead atoms. The predicted octanol–water partition coefficient (Wildman–Crippen LogP) is 4.71. The first-order chi connectivity index (χ1) is 15.3. The third-order valence-corrected chi connectivity index (χ3v) is 5.38. The van der Waals surface area contributed by atoms with Crippen LogP contribution in [0.5, 0.6) is 5.75 Å². The summed E-state index contributed by atoms with van der Waals surface area (Å²) in [6.07, 6.45) is 0.702. The van der Waals surface area contributed by atoms with Crippen molar-refractivity contribution in [2.45, 2.75) is 47.1 Å². The van der Waals surface area contributed by atoms with Crippen molar-refractivity contribution in [3.8, 4) is 5.75 Å². The zero-order valence-electron chi connectivity index (χ0n) is 19.5. The van der Waals surface area contributed by atoms with E-state index in [1.165, 1.54) is 4.90 Å². The predicted molar refractivity (Wildman–Crippen MR) is 126 cm³/mol. The van der Waals surface area contributed by atoms with Crippen LogP contribution in [0.3, 0.4) is 0 Å². The van der Waals surface area contributed by atoms with Crippen molar-refractivity contribution >= 4 is 23.1 Å². The first kappa shape index (κ1) is 23.5. The second-order valence-electron chi connectivity index (χ2n) is 8.17. The molecule has 0 saturated carbocycles. The third kappa shape index (κ3) is 5.37. The fourth-order valence-electron chi connectivity index (χ4n) is 3.55. The molecule has 32 heavy (non-hydrogen) atoms. The van der Waals surface area contributed by atoms with E-state index in [0.29, 0.717) is 37.4 Å². The Labute approximate surface area is 190 Å². The minimum absolute atomic E-state index is 0.112. The van der Waals surface area contributed by atoms with E-state index < -0.39 is 0 Å². The lowest BCUT2D eigenvalue weighted by Crippen LogP contribution is -2.34. The van der Waals surface area contributed by atoms with Gasteiger partial charge in [0.1, 0.15) is 11.4 Å². The molecule has 1 aliphatic rings. The van der Waals surface area contributed by atoms with E-state index in [1.807, 2.05) is 77.1 Å². The van der Waals surface area contributed by atoms with Crippen LogP contribution in [0.15, 0.2) is 48.2 Å². The topological polar surface area (TPSA) is 67.9 Å². The van der Waals surface area contributed by atoms with Crippen molar-refractivity contribution in [2.24, 2.45) is 0 Å². The van der Waals surface area contributed by atoms with Crippen molar-refractivity contribution in [1.82, 2.24) is 4.90 Å². The summed E-state index contributed by atoms with van der Waals surface area (Å²) in [5.74, 6) is 0.153. The van der Waals surface area contributed by atoms with Gasteiger partial charge in [-0.1, -0.05) is 18.2 Å². The molecule has 0 atom stereocenters. The van der Waals surface area contributed by atoms with Crippen molar-refractivity contribution in [2.75, 3.05) is 25.1 Å². The van der Waals surface area contributed by atoms with Crippen LogP contribution in [0, 0.1) is 13.8 Å². The molecule has 6 nitrogen and oxygen atoms in total. The van der Waals surface area contributed by atoms with Crippen LogP contribution in [-0.4, -0.2) is 42.6 Å². The number of ether oxygens (including phenoxy) is 2. The Hall–Kier alpha value is -3.12. The Morgan fingerprint density at radius 1 is 0.969 bits per heavy atom. The molecule has 0 radical (unpaired) electrons. The van der Waals surface area contributed by atoms with E-state index in [0.717, 1.165) is 28.1 Å². The number of carbonyl (C=O) groups is 2. The maximum atomic E-state index is 13.3. The van der Waals surface area contributed by atoms with Gasteiger partial charge in [0, 0.05) is 18.8 Å². The zero-order valence-corrected chi connectivity index (χ0v) is 19.5. The highest BCUT2D eigenvalue weighted by molar-refractivity contribution is 6.36. The standard InChI is InChI=1S/C26H32N2O4/c1-6-31-22-12-10-21(11-13-22)27-24-23(20-9-8-18(4)19(5)16-20)25(29)28(26(24)30)14-7-15-32-17(2)3/h8-13,16-17,27H,6-7,14-15H2,1-5H3. The second kappa shape index (κ2) is 10.5. The summed E-state index contributed by atoms with van der Waals surface area (Å²) in [5, 5.41) is 3.19. The molecule has 3 rings (SSSR count). The molecule has 0 saturated heterocycles. The van der Waals surface area contributed by atoms with Gasteiger partial charge in [0.2, 0.25) is 0 Å². The maximum absolute atomic E-state index is 13.3. The first-order valence-electron chi connectivity index (χ1n) is 11.1. The van der Waals surface area contributed by atoms with Gasteiger partial charge in [-0.05, 0) is 82.0 Å². The number of rotatable bonds is 10. The van der Waals surface area contributed by atoms with Crippen molar-refractivity contribution in [3.63, 3.8) is 0 Å². The molecule has 170 valence electrons. The first-order valence-corrected chi connectivity index (χ1v) is 11.1. The molecule has 0 unspecified atom stereocenters. The van der Waals surface area contributed by atoms with Gasteiger partial charge in [-0.25, -0.2) is 0 Å². The van der Waals surface area contributed by atoms with E-state index in [-0.39, 0.29) is 17.9 Å². The third-order valence-electron chi connectivity index (χ3n) is 5.38. The molecule has 6 heteroatoms. The lowest BCUT2D eigenvalue weighted by molar-refractivity contribution is -0.137. The van der Waals surface area contributed by atoms with Crippen molar-refractivity contribution in [3.05, 3.63) is 64.9 Å². The van der Waals surface area contributed by atoms with Gasteiger partial charge in [0.15, 0.2) is 0 Å². The molecular formula is C26H32N2O4. The van der Waals surface area contributed by atoms with E-state index in [9.17, 15) is 9.59 Å². The van der Waals surface area contributed by atoms with Crippen LogP contribution in [0.25, 0.3) is 5.57 Å². The summed E-state index contributed by atoms with van der Waals surface area (Å²) in [5.41, 5.74) is 4.36. The molecule has 1 aliphatic heterocycles. The van der Waals surface area contributed by atoms with E-state index in [2.05, 4.69) is 5.32 Å². The smallest absolute Gasteiger partial charge is 0.278 e. The largest absolute Gasteiger partial charge is 0.494 e. The van der Waals surface area contributed by atoms with Gasteiger partial charge in [-0.3, -0.25) is 14.5 Å². The van der Waals surface area contributed by atoms with E-state index in [4.69, 9.17) is 9.47 Å². The monoisotopic (exact) mass is 436 g/mol. The van der Waals surface area contributed by atoms with Crippen LogP contribution in [0.2, 0.25) is 0 Å². The van der Waals surface area contributed by atoms with E-state index in [1.54, 1.807) is 0 Å². The van der Waals surface area contributed by atoms with Gasteiger partial charge in [0.25, 0.3) is 11.8 Å². The lowest BCUT2D eigenvalue weighted by Gasteiger charge is -2.16. The van der Waals surface area contributed by atoms with Crippen LogP contribution in [0.4, 0.5) is 5.69 Å². The van der Waals surface area contributed by atoms with Crippen LogP contribution < -0.4 is 10.1 Å². The highest BCUT2D eigenvalue weighted by Crippen LogP contribution is 2.32. The Morgan fingerprint density at radius 2 is 1.69 bits per heavy atom. The summed E-state index contributed by atoms with van der Waals surface area (Å²) in [6, 6.07) is 13.2. The maximum Gasteiger partial charge on any atom is 0.278 e. The summed E-state index contributed by atoms with van der Waals surface area (Å²) < 4.78 is 11.1. The number of anilines is 1. The summed E-state index contributed by atoms with van der Waals surface area (Å²) in [6.45, 7) is 11.3. The molecule has 2 aromatic carbocycles. The summed E-state index contributed by atoms with van der Waals surface area (Å²) in [7, 11) is 0. The number of carbonyl (C=O) groups excluding carboxylic acids is 2. The molecule has 0 fully saturated rings. The van der Waals surface area contributed by atoms with Gasteiger partial charge < -0.3 is 14.8 Å². The second-order valence-corrected chi connectivity index (χ2v) is 8.17. The molecule has 0 aromatic heterocycles. The highest BCUT2D eigenvalue weighted by Gasteiger charge is 2.39. The number of hydrogen-bond donors (Lipinski definition) is 1. The van der Waals surface area contributed by atoms with Gasteiger partial charge in [-0.15, -0.1) is 0 Å². The fraction of sp³-hybridized carbons (Fsp3) is 0.385.